The maximum absolute atomic E-state index is 4.69. The van der Waals surface area contributed by atoms with Crippen molar-refractivity contribution >= 4 is 28.5 Å². The van der Waals surface area contributed by atoms with Crippen LogP contribution in [-0.4, -0.2) is 41.6 Å². The molecule has 0 radical (unpaired) electrons. The average Bonchev–Trinajstić information content (AvgIpc) is 3.45. The van der Waals surface area contributed by atoms with E-state index in [9.17, 15) is 0 Å². The van der Waals surface area contributed by atoms with Crippen molar-refractivity contribution in [3.8, 4) is 11.3 Å². The Hall–Kier alpha value is -3.54. The van der Waals surface area contributed by atoms with Crippen LogP contribution in [0.4, 0.5) is 22.9 Å². The minimum atomic E-state index is 0.746. The van der Waals surface area contributed by atoms with Crippen molar-refractivity contribution in [2.45, 2.75) is 12.8 Å². The molecule has 2 aromatic heterocycles. The first-order valence-electron chi connectivity index (χ1n) is 10.4. The third kappa shape index (κ3) is 3.45. The van der Waals surface area contributed by atoms with Gasteiger partial charge < -0.3 is 15.1 Å². The highest BCUT2D eigenvalue weighted by molar-refractivity contribution is 5.76. The van der Waals surface area contributed by atoms with Gasteiger partial charge in [0.2, 0.25) is 0 Å². The quantitative estimate of drug-likeness (QED) is 0.523. The summed E-state index contributed by atoms with van der Waals surface area (Å²) in [4.78, 5) is 13.8. The van der Waals surface area contributed by atoms with Gasteiger partial charge in [0, 0.05) is 62.2 Å². The molecule has 0 aliphatic carbocycles. The summed E-state index contributed by atoms with van der Waals surface area (Å²) in [7, 11) is 4.07. The molecule has 0 amide bonds. The molecular formula is C24H26N6. The lowest BCUT2D eigenvalue weighted by atomic mass is 10.1. The molecule has 0 atom stereocenters. The summed E-state index contributed by atoms with van der Waals surface area (Å²) < 4.78 is 2.11. The molecule has 4 aromatic rings. The first-order chi connectivity index (χ1) is 14.7. The molecule has 6 heteroatoms. The number of hydrogen-bond acceptors (Lipinski definition) is 5. The molecule has 0 saturated carbocycles. The summed E-state index contributed by atoms with van der Waals surface area (Å²) in [6, 6.07) is 17.0. The van der Waals surface area contributed by atoms with Gasteiger partial charge in [-0.15, -0.1) is 0 Å². The van der Waals surface area contributed by atoms with Crippen LogP contribution in [0.5, 0.6) is 0 Å². The van der Waals surface area contributed by atoms with E-state index in [1.165, 1.54) is 24.1 Å². The largest absolute Gasteiger partial charge is 0.378 e. The second kappa shape index (κ2) is 7.71. The molecule has 1 aliphatic heterocycles. The molecule has 30 heavy (non-hydrogen) atoms. The number of imidazole rings is 1. The highest BCUT2D eigenvalue weighted by atomic mass is 15.1. The van der Waals surface area contributed by atoms with E-state index in [0.717, 1.165) is 41.6 Å². The summed E-state index contributed by atoms with van der Waals surface area (Å²) in [6.45, 7) is 2.28. The van der Waals surface area contributed by atoms with Crippen LogP contribution < -0.4 is 15.1 Å². The number of nitrogens with one attached hydrogen (secondary N) is 1. The first-order valence-corrected chi connectivity index (χ1v) is 10.4. The third-order valence-corrected chi connectivity index (χ3v) is 5.67. The molecule has 1 fully saturated rings. The zero-order chi connectivity index (χ0) is 20.5. The zero-order valence-electron chi connectivity index (χ0n) is 17.4. The first kappa shape index (κ1) is 18.5. The van der Waals surface area contributed by atoms with Gasteiger partial charge in [0.25, 0.3) is 0 Å². The lowest BCUT2D eigenvalue weighted by molar-refractivity contribution is 0.949. The number of nitrogens with zero attached hydrogens (tertiary/aromatic N) is 5. The van der Waals surface area contributed by atoms with Gasteiger partial charge in [-0.1, -0.05) is 18.2 Å². The molecule has 5 rings (SSSR count). The Morgan fingerprint density at radius 1 is 0.967 bits per heavy atom. The van der Waals surface area contributed by atoms with Gasteiger partial charge in [-0.3, -0.25) is 4.40 Å². The minimum absolute atomic E-state index is 0.746. The Morgan fingerprint density at radius 3 is 2.63 bits per heavy atom. The van der Waals surface area contributed by atoms with E-state index in [2.05, 4.69) is 65.9 Å². The number of benzene rings is 2. The molecule has 0 unspecified atom stereocenters. The van der Waals surface area contributed by atoms with Crippen molar-refractivity contribution in [3.63, 3.8) is 0 Å². The van der Waals surface area contributed by atoms with Gasteiger partial charge in [0.1, 0.15) is 0 Å². The third-order valence-electron chi connectivity index (χ3n) is 5.67. The molecule has 1 aliphatic rings. The summed E-state index contributed by atoms with van der Waals surface area (Å²) >= 11 is 0. The van der Waals surface area contributed by atoms with Crippen molar-refractivity contribution in [1.82, 2.24) is 14.4 Å². The van der Waals surface area contributed by atoms with Crippen LogP contribution in [0, 0.1) is 0 Å². The lowest BCUT2D eigenvalue weighted by Gasteiger charge is -2.18. The predicted molar refractivity (Wildman–Crippen MR) is 124 cm³/mol. The van der Waals surface area contributed by atoms with Crippen LogP contribution >= 0.6 is 0 Å². The summed E-state index contributed by atoms with van der Waals surface area (Å²) in [5.74, 6) is 0.746. The fraction of sp³-hybridized carbons (Fsp3) is 0.250. The monoisotopic (exact) mass is 398 g/mol. The van der Waals surface area contributed by atoms with E-state index >= 15 is 0 Å². The van der Waals surface area contributed by atoms with E-state index in [1.807, 2.05) is 44.8 Å². The molecule has 2 aromatic carbocycles. The highest BCUT2D eigenvalue weighted by Crippen LogP contribution is 2.29. The van der Waals surface area contributed by atoms with Crippen LogP contribution in [0.25, 0.3) is 16.9 Å². The fourth-order valence-corrected chi connectivity index (χ4v) is 4.06. The molecule has 6 nitrogen and oxygen atoms in total. The number of aromatic nitrogens is 3. The van der Waals surface area contributed by atoms with Crippen molar-refractivity contribution in [2.75, 3.05) is 42.3 Å². The van der Waals surface area contributed by atoms with Gasteiger partial charge in [-0.05, 0) is 43.2 Å². The molecule has 1 N–H and O–H groups in total. The average molecular weight is 399 g/mol. The Bertz CT molecular complexity index is 1170. The van der Waals surface area contributed by atoms with E-state index < -0.39 is 0 Å². The van der Waals surface area contributed by atoms with Gasteiger partial charge >= 0.3 is 0 Å². The highest BCUT2D eigenvalue weighted by Gasteiger charge is 2.15. The summed E-state index contributed by atoms with van der Waals surface area (Å²) in [5, 5.41) is 3.43. The maximum atomic E-state index is 4.69. The van der Waals surface area contributed by atoms with E-state index in [-0.39, 0.29) is 0 Å². The predicted octanol–water partition coefficient (Wildman–Crippen LogP) is 4.81. The van der Waals surface area contributed by atoms with Crippen molar-refractivity contribution in [1.29, 1.82) is 0 Å². The number of hydrogen-bond donors (Lipinski definition) is 1. The fourth-order valence-electron chi connectivity index (χ4n) is 4.06. The lowest BCUT2D eigenvalue weighted by Crippen LogP contribution is -2.17. The van der Waals surface area contributed by atoms with E-state index in [4.69, 9.17) is 0 Å². The Morgan fingerprint density at radius 2 is 1.80 bits per heavy atom. The van der Waals surface area contributed by atoms with E-state index in [1.54, 1.807) is 0 Å². The van der Waals surface area contributed by atoms with Crippen LogP contribution in [0.1, 0.15) is 12.8 Å². The van der Waals surface area contributed by atoms with Crippen molar-refractivity contribution in [3.05, 3.63) is 67.1 Å². The molecule has 0 spiro atoms. The molecule has 152 valence electrons. The normalized spacial score (nSPS) is 13.7. The standard InChI is InChI=1S/C24H26N6/c1-28(2)20-9-6-8-19(16-20)27-23-24-26-17-22(30(24)14-11-25-23)18-7-5-10-21(15-18)29-12-3-4-13-29/h5-11,14-17H,3-4,12-13H2,1-2H3,(H,25,27). The van der Waals surface area contributed by atoms with Crippen molar-refractivity contribution in [2.24, 2.45) is 0 Å². The Balaban J connectivity index is 1.50. The Labute approximate surface area is 176 Å². The van der Waals surface area contributed by atoms with Crippen LogP contribution in [0.3, 0.4) is 0 Å². The molecule has 0 bridgehead atoms. The van der Waals surface area contributed by atoms with Crippen molar-refractivity contribution < 1.29 is 0 Å². The van der Waals surface area contributed by atoms with E-state index in [0.29, 0.717) is 0 Å². The number of rotatable bonds is 5. The van der Waals surface area contributed by atoms with Gasteiger partial charge in [0.15, 0.2) is 11.5 Å². The summed E-state index contributed by atoms with van der Waals surface area (Å²) in [6.07, 6.45) is 8.27. The molecule has 1 saturated heterocycles. The topological polar surface area (TPSA) is 48.7 Å². The second-order valence-electron chi connectivity index (χ2n) is 7.93. The zero-order valence-corrected chi connectivity index (χ0v) is 17.4. The molecular weight excluding hydrogens is 372 g/mol. The number of fused-ring (bicyclic) bond motifs is 1. The Kier molecular flexibility index (Phi) is 4.75. The van der Waals surface area contributed by atoms with Gasteiger partial charge in [-0.25, -0.2) is 9.97 Å². The second-order valence-corrected chi connectivity index (χ2v) is 7.93. The maximum Gasteiger partial charge on any atom is 0.180 e. The smallest absolute Gasteiger partial charge is 0.180 e. The molecule has 3 heterocycles. The van der Waals surface area contributed by atoms with Crippen LogP contribution in [0.2, 0.25) is 0 Å². The summed E-state index contributed by atoms with van der Waals surface area (Å²) in [5.41, 5.74) is 6.46. The van der Waals surface area contributed by atoms with Gasteiger partial charge in [-0.2, -0.15) is 0 Å². The SMILES string of the molecule is CN(C)c1cccc(Nc2nccn3c(-c4cccc(N5CCCC5)c4)cnc23)c1. The number of anilines is 4. The minimum Gasteiger partial charge on any atom is -0.378 e. The van der Waals surface area contributed by atoms with Crippen LogP contribution in [-0.2, 0) is 0 Å². The van der Waals surface area contributed by atoms with Gasteiger partial charge in [0.05, 0.1) is 11.9 Å². The van der Waals surface area contributed by atoms with Crippen LogP contribution in [0.15, 0.2) is 67.1 Å².